The quantitative estimate of drug-likeness (QED) is 0.292. The Bertz CT molecular complexity index is 964. The van der Waals surface area contributed by atoms with E-state index in [2.05, 4.69) is 0 Å². The Labute approximate surface area is 154 Å². The summed E-state index contributed by atoms with van der Waals surface area (Å²) < 4.78 is 5.06. The van der Waals surface area contributed by atoms with Crippen molar-refractivity contribution in [2.75, 3.05) is 14.2 Å². The minimum atomic E-state index is -0.924. The van der Waals surface area contributed by atoms with Crippen LogP contribution in [0.2, 0.25) is 0 Å². The Hall–Kier alpha value is -3.68. The molecule has 1 fully saturated rings. The second-order valence-corrected chi connectivity index (χ2v) is 5.99. The molecule has 1 saturated heterocycles. The minimum Gasteiger partial charge on any atom is -0.507 e. The highest BCUT2D eigenvalue weighted by molar-refractivity contribution is 6.46. The normalized spacial score (nSPS) is 18.6. The van der Waals surface area contributed by atoms with Gasteiger partial charge in [0.2, 0.25) is 0 Å². The Morgan fingerprint density at radius 2 is 1.85 bits per heavy atom. The summed E-state index contributed by atoms with van der Waals surface area (Å²) >= 11 is 0. The van der Waals surface area contributed by atoms with Crippen LogP contribution in [0.15, 0.2) is 54.1 Å². The van der Waals surface area contributed by atoms with Gasteiger partial charge in [0.25, 0.3) is 17.4 Å². The van der Waals surface area contributed by atoms with Crippen LogP contribution in [0, 0.1) is 10.1 Å². The smallest absolute Gasteiger partial charge is 0.295 e. The van der Waals surface area contributed by atoms with Gasteiger partial charge in [-0.3, -0.25) is 19.7 Å². The predicted octanol–water partition coefficient (Wildman–Crippen LogP) is 2.65. The molecular formula is C19H16N2O6. The molecule has 0 spiro atoms. The van der Waals surface area contributed by atoms with Gasteiger partial charge in [-0.05, 0) is 29.8 Å². The Kier molecular flexibility index (Phi) is 4.64. The van der Waals surface area contributed by atoms with Gasteiger partial charge in [-0.2, -0.15) is 0 Å². The van der Waals surface area contributed by atoms with Gasteiger partial charge in [0, 0.05) is 24.7 Å². The Morgan fingerprint density at radius 1 is 1.19 bits per heavy atom. The van der Waals surface area contributed by atoms with Gasteiger partial charge in [0.1, 0.15) is 11.5 Å². The number of Topliss-reactive ketones (excluding diaryl/α,β-unsaturated/α-hetero) is 1. The number of hydrogen-bond donors (Lipinski definition) is 1. The van der Waals surface area contributed by atoms with E-state index in [1.54, 1.807) is 30.3 Å². The van der Waals surface area contributed by atoms with E-state index in [0.29, 0.717) is 16.9 Å². The van der Waals surface area contributed by atoms with Crippen molar-refractivity contribution in [1.82, 2.24) is 4.90 Å². The van der Waals surface area contributed by atoms with E-state index in [4.69, 9.17) is 4.74 Å². The number of carbonyl (C=O) groups is 2. The number of ether oxygens (including phenoxy) is 1. The third-order valence-corrected chi connectivity index (χ3v) is 4.44. The number of ketones is 1. The highest BCUT2D eigenvalue weighted by atomic mass is 16.6. The Morgan fingerprint density at radius 3 is 2.44 bits per heavy atom. The maximum Gasteiger partial charge on any atom is 0.295 e. The molecule has 1 heterocycles. The number of carbonyl (C=O) groups excluding carboxylic acids is 2. The molecule has 1 amide bonds. The third-order valence-electron chi connectivity index (χ3n) is 4.44. The molecule has 8 nitrogen and oxygen atoms in total. The second kappa shape index (κ2) is 6.91. The van der Waals surface area contributed by atoms with Crippen molar-refractivity contribution >= 4 is 23.1 Å². The van der Waals surface area contributed by atoms with Gasteiger partial charge in [0.05, 0.1) is 23.6 Å². The van der Waals surface area contributed by atoms with E-state index in [1.165, 1.54) is 32.4 Å². The summed E-state index contributed by atoms with van der Waals surface area (Å²) in [5, 5.41) is 21.8. The van der Waals surface area contributed by atoms with E-state index >= 15 is 0 Å². The lowest BCUT2D eigenvalue weighted by molar-refractivity contribution is -0.384. The van der Waals surface area contributed by atoms with Crippen LogP contribution in [-0.4, -0.2) is 40.8 Å². The summed E-state index contributed by atoms with van der Waals surface area (Å²) in [6, 6.07) is 11.1. The molecular weight excluding hydrogens is 352 g/mol. The molecule has 138 valence electrons. The molecule has 1 aliphatic rings. The van der Waals surface area contributed by atoms with Crippen LogP contribution < -0.4 is 4.74 Å². The molecule has 1 N–H and O–H groups in total. The number of likely N-dealkylation sites (N-methyl/N-ethyl adjacent to an activating group) is 1. The van der Waals surface area contributed by atoms with Gasteiger partial charge >= 0.3 is 0 Å². The number of amides is 1. The molecule has 1 unspecified atom stereocenters. The second-order valence-electron chi connectivity index (χ2n) is 5.99. The van der Waals surface area contributed by atoms with E-state index in [9.17, 15) is 24.8 Å². The maximum absolute atomic E-state index is 12.5. The van der Waals surface area contributed by atoms with Crippen LogP contribution in [0.1, 0.15) is 17.2 Å². The van der Waals surface area contributed by atoms with E-state index < -0.39 is 22.7 Å². The number of likely N-dealkylation sites (tertiary alicyclic amines) is 1. The topological polar surface area (TPSA) is 110 Å². The zero-order valence-corrected chi connectivity index (χ0v) is 14.6. The zero-order chi connectivity index (χ0) is 19.7. The van der Waals surface area contributed by atoms with Gasteiger partial charge in [-0.15, -0.1) is 0 Å². The number of benzene rings is 2. The molecule has 0 aromatic heterocycles. The summed E-state index contributed by atoms with van der Waals surface area (Å²) in [7, 11) is 2.91. The standard InChI is InChI=1S/C19H16N2O6/c1-20-16(12-4-3-5-13(10-12)21(25)26)15(18(23)19(20)24)17(22)11-6-8-14(27-2)9-7-11/h3-10,16,22H,1-2H3. The summed E-state index contributed by atoms with van der Waals surface area (Å²) in [5.74, 6) is -1.42. The van der Waals surface area contributed by atoms with Crippen molar-refractivity contribution in [2.24, 2.45) is 0 Å². The fourth-order valence-electron chi connectivity index (χ4n) is 3.05. The lowest BCUT2D eigenvalue weighted by Gasteiger charge is -2.20. The van der Waals surface area contributed by atoms with Crippen LogP contribution in [0.25, 0.3) is 5.76 Å². The largest absolute Gasteiger partial charge is 0.507 e. The lowest BCUT2D eigenvalue weighted by atomic mass is 9.95. The highest BCUT2D eigenvalue weighted by Gasteiger charge is 2.44. The first kappa shape index (κ1) is 18.1. The summed E-state index contributed by atoms with van der Waals surface area (Å²) in [4.78, 5) is 36.4. The average Bonchev–Trinajstić information content (AvgIpc) is 2.91. The van der Waals surface area contributed by atoms with Gasteiger partial charge in [-0.1, -0.05) is 12.1 Å². The summed E-state index contributed by atoms with van der Waals surface area (Å²) in [6.07, 6.45) is 0. The van der Waals surface area contributed by atoms with Crippen LogP contribution in [0.5, 0.6) is 5.75 Å². The van der Waals surface area contributed by atoms with E-state index in [0.717, 1.165) is 4.90 Å². The van der Waals surface area contributed by atoms with Crippen molar-refractivity contribution in [3.05, 3.63) is 75.3 Å². The molecule has 2 aromatic carbocycles. The molecule has 2 aromatic rings. The van der Waals surface area contributed by atoms with Gasteiger partial charge in [-0.25, -0.2) is 0 Å². The molecule has 0 radical (unpaired) electrons. The first-order chi connectivity index (χ1) is 12.8. The monoisotopic (exact) mass is 368 g/mol. The first-order valence-corrected chi connectivity index (χ1v) is 7.98. The number of aliphatic hydroxyl groups is 1. The van der Waals surface area contributed by atoms with Crippen LogP contribution >= 0.6 is 0 Å². The van der Waals surface area contributed by atoms with Crippen molar-refractivity contribution < 1.29 is 24.4 Å². The fraction of sp³-hybridized carbons (Fsp3) is 0.158. The SMILES string of the molecule is COc1ccc(C(O)=C2C(=O)C(=O)N(C)C2c2cccc([N+](=O)[O-])c2)cc1. The number of rotatable bonds is 4. The fourth-order valence-corrected chi connectivity index (χ4v) is 3.05. The lowest BCUT2D eigenvalue weighted by Crippen LogP contribution is -2.24. The number of nitro benzene ring substituents is 1. The first-order valence-electron chi connectivity index (χ1n) is 7.98. The molecule has 1 atom stereocenters. The molecule has 27 heavy (non-hydrogen) atoms. The van der Waals surface area contributed by atoms with Crippen molar-refractivity contribution in [2.45, 2.75) is 6.04 Å². The summed E-state index contributed by atoms with van der Waals surface area (Å²) in [6.45, 7) is 0. The average molecular weight is 368 g/mol. The van der Waals surface area contributed by atoms with Crippen LogP contribution in [0.4, 0.5) is 5.69 Å². The van der Waals surface area contributed by atoms with Crippen molar-refractivity contribution in [1.29, 1.82) is 0 Å². The molecule has 0 saturated carbocycles. The van der Waals surface area contributed by atoms with Crippen LogP contribution in [-0.2, 0) is 9.59 Å². The minimum absolute atomic E-state index is 0.117. The molecule has 1 aliphatic heterocycles. The predicted molar refractivity (Wildman–Crippen MR) is 96.2 cm³/mol. The van der Waals surface area contributed by atoms with E-state index in [-0.39, 0.29) is 17.0 Å². The molecule has 0 aliphatic carbocycles. The third kappa shape index (κ3) is 3.12. The summed E-state index contributed by atoms with van der Waals surface area (Å²) in [5.41, 5.74) is 0.405. The van der Waals surface area contributed by atoms with Crippen LogP contribution in [0.3, 0.4) is 0 Å². The van der Waals surface area contributed by atoms with Crippen molar-refractivity contribution in [3.63, 3.8) is 0 Å². The number of nitro groups is 1. The van der Waals surface area contributed by atoms with Crippen molar-refractivity contribution in [3.8, 4) is 5.75 Å². The molecule has 3 rings (SSSR count). The molecule has 0 bridgehead atoms. The van der Waals surface area contributed by atoms with Gasteiger partial charge in [0.15, 0.2) is 0 Å². The number of non-ortho nitro benzene ring substituents is 1. The number of aliphatic hydroxyl groups excluding tert-OH is 1. The molecule has 8 heteroatoms. The number of methoxy groups -OCH3 is 1. The highest BCUT2D eigenvalue weighted by Crippen LogP contribution is 2.39. The maximum atomic E-state index is 12.5. The zero-order valence-electron chi connectivity index (χ0n) is 14.6. The Balaban J connectivity index is 2.15. The van der Waals surface area contributed by atoms with E-state index in [1.807, 2.05) is 0 Å². The van der Waals surface area contributed by atoms with Gasteiger partial charge < -0.3 is 14.7 Å². The number of hydrogen-bond acceptors (Lipinski definition) is 6. The number of nitrogens with zero attached hydrogens (tertiary/aromatic N) is 2.